The van der Waals surface area contributed by atoms with Crippen LogP contribution in [0.15, 0.2) is 0 Å². The Labute approximate surface area is 74.5 Å². The molecule has 0 rings (SSSR count). The fourth-order valence-electron chi connectivity index (χ4n) is 0.684. The molecule has 0 aliphatic rings. The lowest BCUT2D eigenvalue weighted by Crippen LogP contribution is -2.35. The van der Waals surface area contributed by atoms with Crippen LogP contribution < -0.4 is 5.32 Å². The quantitative estimate of drug-likeness (QED) is 0.648. The van der Waals surface area contributed by atoms with Crippen LogP contribution in [0.3, 0.4) is 0 Å². The van der Waals surface area contributed by atoms with Crippen molar-refractivity contribution in [3.05, 3.63) is 0 Å². The van der Waals surface area contributed by atoms with E-state index in [0.717, 1.165) is 6.42 Å². The first-order valence-corrected chi connectivity index (χ1v) is 4.25. The van der Waals surface area contributed by atoms with Gasteiger partial charge in [-0.2, -0.15) is 0 Å². The molecule has 0 spiro atoms. The Morgan fingerprint density at radius 1 is 1.42 bits per heavy atom. The molecule has 0 atom stereocenters. The summed E-state index contributed by atoms with van der Waals surface area (Å²) in [6.07, 6.45) is 0.873. The molecule has 0 aromatic heterocycles. The highest BCUT2D eigenvalue weighted by Gasteiger charge is 2.19. The first-order chi connectivity index (χ1) is 5.48. The molecule has 0 saturated carbocycles. The van der Waals surface area contributed by atoms with Crippen LogP contribution in [0.4, 0.5) is 0 Å². The number of ether oxygens (including phenoxy) is 1. The Bertz CT molecular complexity index is 138. The molecule has 0 saturated heterocycles. The summed E-state index contributed by atoms with van der Waals surface area (Å²) < 4.78 is 4.86. The molecule has 0 radical (unpaired) electrons. The maximum Gasteiger partial charge on any atom is 0.225 e. The lowest BCUT2D eigenvalue weighted by Gasteiger charge is -2.17. The largest absolute Gasteiger partial charge is 0.385 e. The monoisotopic (exact) mass is 173 g/mol. The fraction of sp³-hybridized carbons (Fsp3) is 0.889. The zero-order valence-corrected chi connectivity index (χ0v) is 8.44. The maximum absolute atomic E-state index is 11.3. The highest BCUT2D eigenvalue weighted by Crippen LogP contribution is 2.11. The smallest absolute Gasteiger partial charge is 0.225 e. The molecule has 0 bridgehead atoms. The summed E-state index contributed by atoms with van der Waals surface area (Å²) in [5, 5.41) is 2.84. The Hall–Kier alpha value is -0.570. The molecule has 3 nitrogen and oxygen atoms in total. The predicted octanol–water partition coefficient (Wildman–Crippen LogP) is 1.19. The van der Waals surface area contributed by atoms with E-state index in [0.29, 0.717) is 13.2 Å². The van der Waals surface area contributed by atoms with Gasteiger partial charge in [0.1, 0.15) is 0 Å². The molecule has 1 amide bonds. The van der Waals surface area contributed by atoms with Crippen LogP contribution in [0, 0.1) is 5.41 Å². The SMILES string of the molecule is COCCCNC(=O)C(C)(C)C. The van der Waals surface area contributed by atoms with Crippen molar-refractivity contribution in [2.75, 3.05) is 20.3 Å². The number of methoxy groups -OCH3 is 1. The molecule has 0 heterocycles. The second kappa shape index (κ2) is 5.14. The van der Waals surface area contributed by atoms with Crippen LogP contribution in [-0.2, 0) is 9.53 Å². The van der Waals surface area contributed by atoms with Crippen LogP contribution in [-0.4, -0.2) is 26.2 Å². The van der Waals surface area contributed by atoms with Gasteiger partial charge in [-0.25, -0.2) is 0 Å². The number of carbonyl (C=O) groups excluding carboxylic acids is 1. The number of rotatable bonds is 4. The molecule has 0 unspecified atom stereocenters. The van der Waals surface area contributed by atoms with Gasteiger partial charge in [0.25, 0.3) is 0 Å². The lowest BCUT2D eigenvalue weighted by atomic mass is 9.96. The molecule has 12 heavy (non-hydrogen) atoms. The lowest BCUT2D eigenvalue weighted by molar-refractivity contribution is -0.128. The van der Waals surface area contributed by atoms with Crippen LogP contribution in [0.1, 0.15) is 27.2 Å². The summed E-state index contributed by atoms with van der Waals surface area (Å²) in [6, 6.07) is 0. The van der Waals surface area contributed by atoms with E-state index in [-0.39, 0.29) is 11.3 Å². The van der Waals surface area contributed by atoms with Gasteiger partial charge >= 0.3 is 0 Å². The summed E-state index contributed by atoms with van der Waals surface area (Å²) in [7, 11) is 1.66. The van der Waals surface area contributed by atoms with Crippen LogP contribution >= 0.6 is 0 Å². The van der Waals surface area contributed by atoms with Crippen LogP contribution in [0.5, 0.6) is 0 Å². The van der Waals surface area contributed by atoms with Crippen molar-refractivity contribution in [1.82, 2.24) is 5.32 Å². The summed E-state index contributed by atoms with van der Waals surface area (Å²) in [5.74, 6) is 0.0959. The molecule has 72 valence electrons. The van der Waals surface area contributed by atoms with Crippen molar-refractivity contribution >= 4 is 5.91 Å². The second-order valence-corrected chi connectivity index (χ2v) is 3.85. The van der Waals surface area contributed by atoms with Crippen molar-refractivity contribution in [3.63, 3.8) is 0 Å². The highest BCUT2D eigenvalue weighted by atomic mass is 16.5. The third-order valence-electron chi connectivity index (χ3n) is 1.49. The maximum atomic E-state index is 11.3. The Kier molecular flexibility index (Phi) is 4.90. The summed E-state index contributed by atoms with van der Waals surface area (Å²) in [4.78, 5) is 11.3. The van der Waals surface area contributed by atoms with Crippen LogP contribution in [0.2, 0.25) is 0 Å². The minimum absolute atomic E-state index is 0.0959. The molecular formula is C9H19NO2. The van der Waals surface area contributed by atoms with E-state index in [1.165, 1.54) is 0 Å². The van der Waals surface area contributed by atoms with E-state index in [1.807, 2.05) is 20.8 Å². The van der Waals surface area contributed by atoms with Crippen LogP contribution in [0.25, 0.3) is 0 Å². The van der Waals surface area contributed by atoms with Gasteiger partial charge in [0, 0.05) is 25.7 Å². The molecule has 1 N–H and O–H groups in total. The fourth-order valence-corrected chi connectivity index (χ4v) is 0.684. The third kappa shape index (κ3) is 5.13. The topological polar surface area (TPSA) is 38.3 Å². The van der Waals surface area contributed by atoms with Gasteiger partial charge < -0.3 is 10.1 Å². The van der Waals surface area contributed by atoms with Gasteiger partial charge in [0.05, 0.1) is 0 Å². The van der Waals surface area contributed by atoms with Gasteiger partial charge in [-0.1, -0.05) is 20.8 Å². The summed E-state index contributed by atoms with van der Waals surface area (Å²) >= 11 is 0. The van der Waals surface area contributed by atoms with Crippen molar-refractivity contribution < 1.29 is 9.53 Å². The average molecular weight is 173 g/mol. The Balaban J connectivity index is 3.45. The summed E-state index contributed by atoms with van der Waals surface area (Å²) in [5.41, 5.74) is -0.285. The minimum atomic E-state index is -0.285. The zero-order valence-electron chi connectivity index (χ0n) is 8.44. The number of hydrogen-bond acceptors (Lipinski definition) is 2. The van der Waals surface area contributed by atoms with Crippen molar-refractivity contribution in [1.29, 1.82) is 0 Å². The zero-order chi connectivity index (χ0) is 9.61. The summed E-state index contributed by atoms with van der Waals surface area (Å²) in [6.45, 7) is 7.10. The van der Waals surface area contributed by atoms with Crippen molar-refractivity contribution in [3.8, 4) is 0 Å². The van der Waals surface area contributed by atoms with E-state index in [9.17, 15) is 4.79 Å². The predicted molar refractivity (Wildman–Crippen MR) is 49.0 cm³/mol. The standard InChI is InChI=1S/C9H19NO2/c1-9(2,3)8(11)10-6-5-7-12-4/h5-7H2,1-4H3,(H,10,11). The second-order valence-electron chi connectivity index (χ2n) is 3.85. The highest BCUT2D eigenvalue weighted by molar-refractivity contribution is 5.81. The van der Waals surface area contributed by atoms with Gasteiger partial charge in [-0.05, 0) is 6.42 Å². The molecule has 3 heteroatoms. The molecule has 0 fully saturated rings. The van der Waals surface area contributed by atoms with Gasteiger partial charge in [-0.15, -0.1) is 0 Å². The minimum Gasteiger partial charge on any atom is -0.385 e. The Morgan fingerprint density at radius 2 is 2.00 bits per heavy atom. The number of nitrogens with one attached hydrogen (secondary N) is 1. The third-order valence-corrected chi connectivity index (χ3v) is 1.49. The van der Waals surface area contributed by atoms with Crippen molar-refractivity contribution in [2.24, 2.45) is 5.41 Å². The van der Waals surface area contributed by atoms with E-state index in [2.05, 4.69) is 5.32 Å². The van der Waals surface area contributed by atoms with Crippen molar-refractivity contribution in [2.45, 2.75) is 27.2 Å². The first kappa shape index (κ1) is 11.4. The van der Waals surface area contributed by atoms with E-state index in [1.54, 1.807) is 7.11 Å². The number of hydrogen-bond donors (Lipinski definition) is 1. The normalized spacial score (nSPS) is 11.3. The number of amides is 1. The van der Waals surface area contributed by atoms with Gasteiger partial charge in [-0.3, -0.25) is 4.79 Å². The molecule has 0 aliphatic heterocycles. The molecule has 0 aromatic carbocycles. The van der Waals surface area contributed by atoms with E-state index < -0.39 is 0 Å². The number of carbonyl (C=O) groups is 1. The molecule has 0 aromatic rings. The van der Waals surface area contributed by atoms with Gasteiger partial charge in [0.15, 0.2) is 0 Å². The first-order valence-electron chi connectivity index (χ1n) is 4.25. The van der Waals surface area contributed by atoms with Gasteiger partial charge in [0.2, 0.25) is 5.91 Å². The average Bonchev–Trinajstić information content (AvgIpc) is 1.96. The van der Waals surface area contributed by atoms with E-state index >= 15 is 0 Å². The molecule has 0 aliphatic carbocycles. The Morgan fingerprint density at radius 3 is 2.42 bits per heavy atom. The van der Waals surface area contributed by atoms with E-state index in [4.69, 9.17) is 4.74 Å². The molecular weight excluding hydrogens is 154 g/mol.